The number of amides is 1. The predicted molar refractivity (Wildman–Crippen MR) is 87.3 cm³/mol. The summed E-state index contributed by atoms with van der Waals surface area (Å²) in [5.41, 5.74) is 0.773. The van der Waals surface area contributed by atoms with E-state index in [1.54, 1.807) is 7.11 Å². The average Bonchev–Trinajstić information content (AvgIpc) is 2.54. The Bertz CT molecular complexity index is 477. The number of carbonyl (C=O) groups is 1. The number of ether oxygens (including phenoxy) is 2. The van der Waals surface area contributed by atoms with E-state index in [0.29, 0.717) is 12.5 Å². The van der Waals surface area contributed by atoms with Crippen LogP contribution in [0.2, 0.25) is 0 Å². The molecule has 1 aromatic carbocycles. The second-order valence-corrected chi connectivity index (χ2v) is 5.55. The van der Waals surface area contributed by atoms with Crippen LogP contribution in [0.4, 0.5) is 5.69 Å². The van der Waals surface area contributed by atoms with Gasteiger partial charge in [-0.1, -0.05) is 6.07 Å². The minimum absolute atomic E-state index is 0.0341. The van der Waals surface area contributed by atoms with Crippen LogP contribution in [0, 0.1) is 0 Å². The first-order chi connectivity index (χ1) is 10.7. The van der Waals surface area contributed by atoms with E-state index in [0.717, 1.165) is 50.5 Å². The smallest absolute Gasteiger partial charge is 0.225 e. The van der Waals surface area contributed by atoms with E-state index in [2.05, 4.69) is 10.2 Å². The Kier molecular flexibility index (Phi) is 6.68. The van der Waals surface area contributed by atoms with E-state index in [9.17, 15) is 4.79 Å². The number of benzene rings is 1. The molecule has 0 aliphatic carbocycles. The van der Waals surface area contributed by atoms with Crippen LogP contribution in [-0.4, -0.2) is 50.3 Å². The Morgan fingerprint density at radius 3 is 3.09 bits per heavy atom. The molecule has 0 bridgehead atoms. The molecule has 5 nitrogen and oxygen atoms in total. The van der Waals surface area contributed by atoms with E-state index in [-0.39, 0.29) is 5.91 Å². The molecule has 1 saturated heterocycles. The van der Waals surface area contributed by atoms with Crippen molar-refractivity contribution in [1.29, 1.82) is 0 Å². The van der Waals surface area contributed by atoms with Crippen molar-refractivity contribution in [3.8, 4) is 5.75 Å². The maximum atomic E-state index is 12.1. The molecule has 0 spiro atoms. The van der Waals surface area contributed by atoms with Crippen molar-refractivity contribution in [2.24, 2.45) is 0 Å². The minimum Gasteiger partial charge on any atom is -0.497 e. The lowest BCUT2D eigenvalue weighted by Gasteiger charge is -2.32. The monoisotopic (exact) mass is 306 g/mol. The Morgan fingerprint density at radius 2 is 2.32 bits per heavy atom. The third-order valence-electron chi connectivity index (χ3n) is 3.87. The SMILES string of the molecule is CCOC1CCCN(CCC(=O)Nc2cccc(OC)c2)C1. The summed E-state index contributed by atoms with van der Waals surface area (Å²) in [6.45, 7) is 5.55. The standard InChI is InChI=1S/C17H26N2O3/c1-3-22-16-8-5-10-19(13-16)11-9-17(20)18-14-6-4-7-15(12-14)21-2/h4,6-7,12,16H,3,5,8-11,13H2,1-2H3,(H,18,20). The number of anilines is 1. The molecule has 1 N–H and O–H groups in total. The zero-order valence-electron chi connectivity index (χ0n) is 13.5. The summed E-state index contributed by atoms with van der Waals surface area (Å²) in [5, 5.41) is 2.92. The fourth-order valence-electron chi connectivity index (χ4n) is 2.77. The number of hydrogen-bond acceptors (Lipinski definition) is 4. The summed E-state index contributed by atoms with van der Waals surface area (Å²) < 4.78 is 10.8. The fourth-order valence-corrected chi connectivity index (χ4v) is 2.77. The maximum Gasteiger partial charge on any atom is 0.225 e. The number of rotatable bonds is 7. The van der Waals surface area contributed by atoms with Gasteiger partial charge in [-0.05, 0) is 38.4 Å². The number of carbonyl (C=O) groups excluding carboxylic acids is 1. The van der Waals surface area contributed by atoms with Crippen molar-refractivity contribution in [2.45, 2.75) is 32.3 Å². The highest BCUT2D eigenvalue weighted by atomic mass is 16.5. The number of hydrogen-bond donors (Lipinski definition) is 1. The summed E-state index contributed by atoms with van der Waals surface area (Å²) in [6, 6.07) is 7.42. The molecule has 22 heavy (non-hydrogen) atoms. The number of likely N-dealkylation sites (tertiary alicyclic amines) is 1. The fraction of sp³-hybridized carbons (Fsp3) is 0.588. The molecule has 0 saturated carbocycles. The maximum absolute atomic E-state index is 12.1. The van der Waals surface area contributed by atoms with E-state index < -0.39 is 0 Å². The van der Waals surface area contributed by atoms with Crippen LogP contribution in [0.3, 0.4) is 0 Å². The third-order valence-corrected chi connectivity index (χ3v) is 3.87. The first kappa shape index (κ1) is 16.8. The summed E-state index contributed by atoms with van der Waals surface area (Å²) in [7, 11) is 1.62. The van der Waals surface area contributed by atoms with Gasteiger partial charge in [0.1, 0.15) is 5.75 Å². The molecule has 1 aromatic rings. The van der Waals surface area contributed by atoms with Gasteiger partial charge < -0.3 is 19.7 Å². The molecular weight excluding hydrogens is 280 g/mol. The lowest BCUT2D eigenvalue weighted by atomic mass is 10.1. The molecule has 1 aliphatic heterocycles. The average molecular weight is 306 g/mol. The molecule has 2 rings (SSSR count). The quantitative estimate of drug-likeness (QED) is 0.841. The molecule has 1 atom stereocenters. The third kappa shape index (κ3) is 5.31. The first-order valence-electron chi connectivity index (χ1n) is 7.99. The highest BCUT2D eigenvalue weighted by Gasteiger charge is 2.20. The van der Waals surface area contributed by atoms with Gasteiger partial charge in [-0.3, -0.25) is 4.79 Å². The zero-order chi connectivity index (χ0) is 15.8. The summed E-state index contributed by atoms with van der Waals surface area (Å²) >= 11 is 0. The molecular formula is C17H26N2O3. The Morgan fingerprint density at radius 1 is 1.45 bits per heavy atom. The number of nitrogens with one attached hydrogen (secondary N) is 1. The van der Waals surface area contributed by atoms with Gasteiger partial charge in [-0.15, -0.1) is 0 Å². The van der Waals surface area contributed by atoms with Gasteiger partial charge in [-0.25, -0.2) is 0 Å². The summed E-state index contributed by atoms with van der Waals surface area (Å²) in [4.78, 5) is 14.4. The van der Waals surface area contributed by atoms with E-state index in [1.165, 1.54) is 0 Å². The van der Waals surface area contributed by atoms with Crippen molar-refractivity contribution in [3.05, 3.63) is 24.3 Å². The van der Waals surface area contributed by atoms with Gasteiger partial charge in [-0.2, -0.15) is 0 Å². The van der Waals surface area contributed by atoms with Gasteiger partial charge in [0.05, 0.1) is 13.2 Å². The van der Waals surface area contributed by atoms with Gasteiger partial charge in [0.25, 0.3) is 0 Å². The largest absolute Gasteiger partial charge is 0.497 e. The van der Waals surface area contributed by atoms with Gasteiger partial charge in [0.2, 0.25) is 5.91 Å². The van der Waals surface area contributed by atoms with Crippen molar-refractivity contribution < 1.29 is 14.3 Å². The summed E-state index contributed by atoms with van der Waals surface area (Å²) in [5.74, 6) is 0.778. The van der Waals surface area contributed by atoms with E-state index in [4.69, 9.17) is 9.47 Å². The number of piperidine rings is 1. The topological polar surface area (TPSA) is 50.8 Å². The van der Waals surface area contributed by atoms with Crippen molar-refractivity contribution in [2.75, 3.05) is 38.7 Å². The van der Waals surface area contributed by atoms with Crippen LogP contribution in [-0.2, 0) is 9.53 Å². The van der Waals surface area contributed by atoms with Gasteiger partial charge in [0, 0.05) is 37.9 Å². The highest BCUT2D eigenvalue weighted by molar-refractivity contribution is 5.91. The van der Waals surface area contributed by atoms with Crippen LogP contribution in [0.1, 0.15) is 26.2 Å². The lowest BCUT2D eigenvalue weighted by molar-refractivity contribution is -0.116. The van der Waals surface area contributed by atoms with Gasteiger partial charge >= 0.3 is 0 Å². The summed E-state index contributed by atoms with van der Waals surface area (Å²) in [6.07, 6.45) is 3.08. The van der Waals surface area contributed by atoms with Crippen LogP contribution in [0.5, 0.6) is 5.75 Å². The second kappa shape index (κ2) is 8.76. The molecule has 1 aliphatic rings. The van der Waals surface area contributed by atoms with Crippen LogP contribution in [0.15, 0.2) is 24.3 Å². The number of methoxy groups -OCH3 is 1. The first-order valence-corrected chi connectivity index (χ1v) is 7.99. The normalized spacial score (nSPS) is 18.9. The Balaban J connectivity index is 1.75. The molecule has 122 valence electrons. The zero-order valence-corrected chi connectivity index (χ0v) is 13.5. The minimum atomic E-state index is 0.0341. The predicted octanol–water partition coefficient (Wildman–Crippen LogP) is 2.52. The van der Waals surface area contributed by atoms with Gasteiger partial charge in [0.15, 0.2) is 0 Å². The Labute approximate surface area is 132 Å². The van der Waals surface area contributed by atoms with E-state index in [1.807, 2.05) is 31.2 Å². The number of nitrogens with zero attached hydrogens (tertiary/aromatic N) is 1. The molecule has 1 fully saturated rings. The molecule has 1 heterocycles. The van der Waals surface area contributed by atoms with E-state index >= 15 is 0 Å². The van der Waals surface area contributed by atoms with Crippen molar-refractivity contribution >= 4 is 11.6 Å². The lowest BCUT2D eigenvalue weighted by Crippen LogP contribution is -2.40. The molecule has 1 unspecified atom stereocenters. The van der Waals surface area contributed by atoms with Crippen molar-refractivity contribution in [3.63, 3.8) is 0 Å². The molecule has 5 heteroatoms. The molecule has 1 amide bonds. The molecule has 0 radical (unpaired) electrons. The van der Waals surface area contributed by atoms with Crippen LogP contribution >= 0.6 is 0 Å². The second-order valence-electron chi connectivity index (χ2n) is 5.55. The van der Waals surface area contributed by atoms with Crippen LogP contribution in [0.25, 0.3) is 0 Å². The van der Waals surface area contributed by atoms with Crippen molar-refractivity contribution in [1.82, 2.24) is 4.90 Å². The van der Waals surface area contributed by atoms with Crippen LogP contribution < -0.4 is 10.1 Å². The Hall–Kier alpha value is -1.59. The highest BCUT2D eigenvalue weighted by Crippen LogP contribution is 2.17. The molecule has 0 aromatic heterocycles.